The Labute approximate surface area is 416 Å². The fourth-order valence-electron chi connectivity index (χ4n) is 10.3. The molecule has 22 nitrogen and oxygen atoms in total. The second-order valence-corrected chi connectivity index (χ2v) is 18.4. The topological polar surface area (TPSA) is 218 Å². The van der Waals surface area contributed by atoms with Crippen LogP contribution >= 0.6 is 0 Å². The quantitative estimate of drug-likeness (QED) is 0.117. The number of methoxy groups -OCH3 is 2. The molecule has 72 heavy (non-hydrogen) atoms. The number of anilines is 6. The molecule has 4 fully saturated rings. The molecule has 4 aliphatic rings. The molecule has 0 amide bonds. The van der Waals surface area contributed by atoms with Gasteiger partial charge < -0.3 is 40.5 Å². The highest BCUT2D eigenvalue weighted by Crippen LogP contribution is 2.41. The van der Waals surface area contributed by atoms with Crippen molar-refractivity contribution < 1.29 is 9.47 Å². The van der Waals surface area contributed by atoms with Gasteiger partial charge in [0.25, 0.3) is 0 Å². The van der Waals surface area contributed by atoms with Gasteiger partial charge in [0, 0.05) is 75.9 Å². The molecule has 0 unspecified atom stereocenters. The van der Waals surface area contributed by atoms with Crippen LogP contribution in [-0.4, -0.2) is 152 Å². The average Bonchev–Trinajstić information content (AvgIpc) is 4.16. The van der Waals surface area contributed by atoms with Gasteiger partial charge in [0.15, 0.2) is 23.3 Å². The summed E-state index contributed by atoms with van der Waals surface area (Å²) in [6, 6.07) is 8.40. The zero-order valence-corrected chi connectivity index (χ0v) is 40.5. The number of fused-ring (bicyclic) bond motifs is 2. The number of piperazine rings is 2. The Hall–Kier alpha value is -7.66. The van der Waals surface area contributed by atoms with E-state index in [-0.39, 0.29) is 12.1 Å². The third-order valence-corrected chi connectivity index (χ3v) is 14.1. The highest BCUT2D eigenvalue weighted by atomic mass is 16.5. The van der Waals surface area contributed by atoms with Crippen molar-refractivity contribution >= 4 is 56.5 Å². The Kier molecular flexibility index (Phi) is 12.8. The molecule has 4 saturated heterocycles. The second kappa shape index (κ2) is 20.2. The second-order valence-electron chi connectivity index (χ2n) is 18.4. The van der Waals surface area contributed by atoms with Crippen LogP contribution < -0.4 is 50.6 Å². The molecule has 12 rings (SSSR count). The van der Waals surface area contributed by atoms with Crippen LogP contribution in [0.3, 0.4) is 0 Å². The summed E-state index contributed by atoms with van der Waals surface area (Å²) in [4.78, 5) is 44.8. The van der Waals surface area contributed by atoms with Crippen LogP contribution in [0.1, 0.15) is 37.8 Å². The van der Waals surface area contributed by atoms with Gasteiger partial charge >= 0.3 is 0 Å². The maximum atomic E-state index is 5.84. The largest absolute Gasteiger partial charge is 0.494 e. The van der Waals surface area contributed by atoms with Crippen LogP contribution in [0.5, 0.6) is 11.5 Å². The smallest absolute Gasteiger partial charge is 0.162 e. The van der Waals surface area contributed by atoms with E-state index in [0.29, 0.717) is 45.8 Å². The zero-order valence-electron chi connectivity index (χ0n) is 40.5. The van der Waals surface area contributed by atoms with E-state index < -0.39 is 0 Å². The summed E-state index contributed by atoms with van der Waals surface area (Å²) in [5.74, 6) is 5.07. The number of aromatic nitrogens is 12. The molecule has 0 aromatic carbocycles. The minimum atomic E-state index is 0.224. The van der Waals surface area contributed by atoms with E-state index in [0.717, 1.165) is 149 Å². The third kappa shape index (κ3) is 8.90. The lowest BCUT2D eigenvalue weighted by atomic mass is 10.1. The molecule has 22 heteroatoms. The summed E-state index contributed by atoms with van der Waals surface area (Å²) >= 11 is 0. The summed E-state index contributed by atoms with van der Waals surface area (Å²) < 4.78 is 15.9. The van der Waals surface area contributed by atoms with Gasteiger partial charge in [0.2, 0.25) is 0 Å². The zero-order chi connectivity index (χ0) is 48.4. The Morgan fingerprint density at radius 1 is 0.514 bits per heavy atom. The van der Waals surface area contributed by atoms with E-state index in [4.69, 9.17) is 49.6 Å². The Balaban J connectivity index is 1.03. The van der Waals surface area contributed by atoms with Crippen LogP contribution in [0, 0.1) is 0 Å². The maximum Gasteiger partial charge on any atom is 0.162 e. The number of ether oxygens (including phenoxy) is 2. The van der Waals surface area contributed by atoms with Crippen molar-refractivity contribution in [3.63, 3.8) is 0 Å². The maximum absolute atomic E-state index is 5.84. The molecule has 8 aromatic heterocycles. The highest BCUT2D eigenvalue weighted by Gasteiger charge is 2.31. The molecule has 0 spiro atoms. The fourth-order valence-corrected chi connectivity index (χ4v) is 10.3. The number of nitrogens with zero attached hydrogens (tertiary/aromatic N) is 16. The van der Waals surface area contributed by atoms with E-state index >= 15 is 0 Å². The van der Waals surface area contributed by atoms with Gasteiger partial charge in [-0.2, -0.15) is 10.2 Å². The van der Waals surface area contributed by atoms with Gasteiger partial charge in [0.1, 0.15) is 34.5 Å². The molecule has 12 heterocycles. The monoisotopic (exact) mass is 971 g/mol. The van der Waals surface area contributed by atoms with Gasteiger partial charge in [-0.25, -0.2) is 39.9 Å². The van der Waals surface area contributed by atoms with Gasteiger partial charge in [-0.05, 0) is 76.1 Å². The summed E-state index contributed by atoms with van der Waals surface area (Å²) in [5.41, 5.74) is 4.44. The number of hydrazine groups is 1. The number of pyridine rings is 4. The molecular formula is C50H58N20O2. The first-order valence-electron chi connectivity index (χ1n) is 24.9. The molecule has 0 bridgehead atoms. The van der Waals surface area contributed by atoms with Crippen molar-refractivity contribution in [3.05, 3.63) is 86.2 Å². The summed E-state index contributed by atoms with van der Waals surface area (Å²) in [7, 11) is 3.31. The molecule has 8 aromatic rings. The Bertz CT molecular complexity index is 2960. The van der Waals surface area contributed by atoms with Crippen molar-refractivity contribution in [2.45, 2.75) is 37.8 Å². The van der Waals surface area contributed by atoms with Crippen LogP contribution in [0.2, 0.25) is 0 Å². The molecule has 0 saturated carbocycles. The van der Waals surface area contributed by atoms with E-state index in [1.807, 2.05) is 36.7 Å². The first kappa shape index (κ1) is 45.5. The predicted molar refractivity (Wildman–Crippen MR) is 275 cm³/mol. The van der Waals surface area contributed by atoms with Crippen molar-refractivity contribution in [2.75, 3.05) is 113 Å². The molecule has 0 aliphatic carbocycles. The minimum absolute atomic E-state index is 0.224. The number of nitrogens with one attached hydrogen (secondary N) is 4. The predicted octanol–water partition coefficient (Wildman–Crippen LogP) is 4.46. The van der Waals surface area contributed by atoms with Crippen molar-refractivity contribution in [1.82, 2.24) is 80.7 Å². The summed E-state index contributed by atoms with van der Waals surface area (Å²) in [5, 5.41) is 29.8. The van der Waals surface area contributed by atoms with Crippen LogP contribution in [0.25, 0.3) is 44.6 Å². The van der Waals surface area contributed by atoms with Crippen LogP contribution in [0.15, 0.2) is 86.2 Å². The standard InChI is InChI=1S/C50H58N20O2/c1-71-41-29-55-27-39-45(41)49(65-19-15-53-16-20-65)63-47(61-39)33-3-13-57-43(23-33)69(37-25-59-67(31-37)35-5-9-51-10-6-35)70(38-26-60-68(32-38)36-7-11-52-12-8-36)44-24-34(4-14-58-44)48-62-40-28-56-30-42(72-2)46(40)50(64-48)66-21-17-54-18-22-66/h3-4,13-14,23-32,35-36,51-54H,5-12,15-22H2,1-2H3. The molecule has 4 aliphatic heterocycles. The normalized spacial score (nSPS) is 17.1. The lowest BCUT2D eigenvalue weighted by Crippen LogP contribution is -2.44. The molecule has 370 valence electrons. The average molecular weight is 971 g/mol. The number of hydrogen-bond acceptors (Lipinski definition) is 20. The van der Waals surface area contributed by atoms with Gasteiger partial charge in [-0.1, -0.05) is 0 Å². The highest BCUT2D eigenvalue weighted by molar-refractivity contribution is 5.97. The summed E-state index contributed by atoms with van der Waals surface area (Å²) in [6.45, 7) is 10.2. The van der Waals surface area contributed by atoms with Gasteiger partial charge in [0.05, 0.1) is 97.7 Å². The summed E-state index contributed by atoms with van der Waals surface area (Å²) in [6.07, 6.45) is 22.5. The molecular weight excluding hydrogens is 913 g/mol. The van der Waals surface area contributed by atoms with Crippen molar-refractivity contribution in [2.24, 2.45) is 0 Å². The van der Waals surface area contributed by atoms with Crippen LogP contribution in [0.4, 0.5) is 34.6 Å². The van der Waals surface area contributed by atoms with Gasteiger partial charge in [-0.3, -0.25) is 19.3 Å². The molecule has 0 atom stereocenters. The minimum Gasteiger partial charge on any atom is -0.494 e. The first-order valence-corrected chi connectivity index (χ1v) is 24.9. The van der Waals surface area contributed by atoms with Crippen LogP contribution in [-0.2, 0) is 0 Å². The van der Waals surface area contributed by atoms with Gasteiger partial charge in [-0.15, -0.1) is 0 Å². The first-order chi connectivity index (χ1) is 35.6. The molecule has 4 N–H and O–H groups in total. The Morgan fingerprint density at radius 3 is 1.35 bits per heavy atom. The lowest BCUT2D eigenvalue weighted by molar-refractivity contribution is 0.343. The molecule has 0 radical (unpaired) electrons. The van der Waals surface area contributed by atoms with E-state index in [1.165, 1.54) is 0 Å². The van der Waals surface area contributed by atoms with Crippen molar-refractivity contribution in [1.29, 1.82) is 0 Å². The number of hydrogen-bond donors (Lipinski definition) is 4. The van der Waals surface area contributed by atoms with E-state index in [1.54, 1.807) is 51.4 Å². The Morgan fingerprint density at radius 2 is 0.931 bits per heavy atom. The lowest BCUT2D eigenvalue weighted by Gasteiger charge is -2.35. The van der Waals surface area contributed by atoms with Crippen molar-refractivity contribution in [3.8, 4) is 34.3 Å². The SMILES string of the molecule is COc1cncc2nc(-c3ccnc(N(c4cnn(C5CCNCC5)c4)N(c4cnn(C5CCNCC5)c4)c4cc(-c5nc(N6CCNCC6)c6c(OC)cncc6n5)ccn4)c3)nc(N3CCNCC3)c12. The fraction of sp³-hybridized carbons (Fsp3) is 0.400. The van der Waals surface area contributed by atoms with E-state index in [2.05, 4.69) is 72.8 Å². The number of rotatable bonds is 13. The third-order valence-electron chi connectivity index (χ3n) is 14.1. The van der Waals surface area contributed by atoms with E-state index in [9.17, 15) is 0 Å². The number of piperidine rings is 2.